The third-order valence-electron chi connectivity index (χ3n) is 2.81. The zero-order valence-corrected chi connectivity index (χ0v) is 10.3. The van der Waals surface area contributed by atoms with E-state index in [1.807, 2.05) is 0 Å². The van der Waals surface area contributed by atoms with Crippen molar-refractivity contribution >= 4 is 0 Å². The number of benzene rings is 2. The Hall–Kier alpha value is -2.18. The zero-order chi connectivity index (χ0) is 15.8. The van der Waals surface area contributed by atoms with Crippen molar-refractivity contribution in [3.8, 4) is 16.9 Å². The Morgan fingerprint density at radius 1 is 0.762 bits per heavy atom. The maximum atomic E-state index is 12.9. The molecule has 0 saturated carbocycles. The maximum absolute atomic E-state index is 12.9. The van der Waals surface area contributed by atoms with Gasteiger partial charge in [0.05, 0.1) is 11.1 Å². The van der Waals surface area contributed by atoms with E-state index in [9.17, 15) is 26.3 Å². The first-order chi connectivity index (χ1) is 9.59. The lowest BCUT2D eigenvalue weighted by Crippen LogP contribution is -2.08. The largest absolute Gasteiger partial charge is 0.508 e. The van der Waals surface area contributed by atoms with Gasteiger partial charge >= 0.3 is 12.4 Å². The number of alkyl halides is 6. The molecule has 0 fully saturated rings. The van der Waals surface area contributed by atoms with Crippen LogP contribution < -0.4 is 0 Å². The third kappa shape index (κ3) is 3.29. The van der Waals surface area contributed by atoms with Gasteiger partial charge in [0.2, 0.25) is 0 Å². The topological polar surface area (TPSA) is 20.2 Å². The van der Waals surface area contributed by atoms with E-state index in [0.717, 1.165) is 30.3 Å². The Balaban J connectivity index is 2.63. The van der Waals surface area contributed by atoms with Crippen LogP contribution in [0.25, 0.3) is 11.1 Å². The highest BCUT2D eigenvalue weighted by molar-refractivity contribution is 5.69. The Kier molecular flexibility index (Phi) is 3.61. The molecular weight excluding hydrogens is 298 g/mol. The molecule has 1 N–H and O–H groups in total. The average molecular weight is 306 g/mol. The van der Waals surface area contributed by atoms with Crippen LogP contribution in [0.3, 0.4) is 0 Å². The van der Waals surface area contributed by atoms with E-state index in [-0.39, 0.29) is 5.56 Å². The van der Waals surface area contributed by atoms with Gasteiger partial charge in [-0.2, -0.15) is 26.3 Å². The number of halogens is 6. The molecule has 0 heterocycles. The van der Waals surface area contributed by atoms with Gasteiger partial charge in [-0.3, -0.25) is 0 Å². The Labute approximate surface area is 115 Å². The normalized spacial score (nSPS) is 12.5. The molecule has 0 aliphatic rings. The van der Waals surface area contributed by atoms with Crippen molar-refractivity contribution < 1.29 is 31.4 Å². The predicted molar refractivity (Wildman–Crippen MR) is 63.5 cm³/mol. The summed E-state index contributed by atoms with van der Waals surface area (Å²) in [6.45, 7) is 0. The van der Waals surface area contributed by atoms with Crippen molar-refractivity contribution in [2.24, 2.45) is 0 Å². The van der Waals surface area contributed by atoms with E-state index in [1.54, 1.807) is 0 Å². The van der Waals surface area contributed by atoms with Crippen molar-refractivity contribution in [2.45, 2.75) is 12.4 Å². The fourth-order valence-electron chi connectivity index (χ4n) is 1.88. The molecule has 0 atom stereocenters. The van der Waals surface area contributed by atoms with Crippen molar-refractivity contribution in [2.75, 3.05) is 0 Å². The Bertz CT molecular complexity index is 657. The first kappa shape index (κ1) is 15.2. The van der Waals surface area contributed by atoms with Crippen molar-refractivity contribution in [1.29, 1.82) is 0 Å². The maximum Gasteiger partial charge on any atom is 0.417 e. The van der Waals surface area contributed by atoms with Gasteiger partial charge in [-0.1, -0.05) is 18.2 Å². The van der Waals surface area contributed by atoms with E-state index < -0.39 is 34.8 Å². The second-order valence-electron chi connectivity index (χ2n) is 4.31. The van der Waals surface area contributed by atoms with Crippen LogP contribution in [0.2, 0.25) is 0 Å². The fraction of sp³-hybridized carbons (Fsp3) is 0.143. The summed E-state index contributed by atoms with van der Waals surface area (Å²) in [5, 5.41) is 9.15. The highest BCUT2D eigenvalue weighted by atomic mass is 19.4. The molecule has 7 heteroatoms. The molecule has 0 aliphatic heterocycles. The molecule has 21 heavy (non-hydrogen) atoms. The van der Waals surface area contributed by atoms with Crippen LogP contribution in [-0.4, -0.2) is 5.11 Å². The summed E-state index contributed by atoms with van der Waals surface area (Å²) in [6.07, 6.45) is -9.44. The number of hydrogen-bond donors (Lipinski definition) is 1. The van der Waals surface area contributed by atoms with E-state index in [1.165, 1.54) is 0 Å². The lowest BCUT2D eigenvalue weighted by molar-refractivity contribution is -0.137. The van der Waals surface area contributed by atoms with Gasteiger partial charge < -0.3 is 5.11 Å². The van der Waals surface area contributed by atoms with Crippen LogP contribution in [0.15, 0.2) is 42.5 Å². The Morgan fingerprint density at radius 3 is 2.00 bits per heavy atom. The molecule has 0 unspecified atom stereocenters. The van der Waals surface area contributed by atoms with Crippen molar-refractivity contribution in [3.63, 3.8) is 0 Å². The van der Waals surface area contributed by atoms with Crippen LogP contribution in [0, 0.1) is 0 Å². The molecule has 2 aromatic carbocycles. The first-order valence-electron chi connectivity index (χ1n) is 5.67. The van der Waals surface area contributed by atoms with Gasteiger partial charge in [0, 0.05) is 0 Å². The molecule has 0 aromatic heterocycles. The monoisotopic (exact) mass is 306 g/mol. The lowest BCUT2D eigenvalue weighted by Gasteiger charge is -2.15. The zero-order valence-electron chi connectivity index (χ0n) is 10.3. The second kappa shape index (κ2) is 4.98. The molecule has 2 aromatic rings. The summed E-state index contributed by atoms with van der Waals surface area (Å²) in [6, 6.07) is 6.01. The Morgan fingerprint density at radius 2 is 1.43 bits per heavy atom. The molecule has 0 spiro atoms. The van der Waals surface area contributed by atoms with E-state index in [2.05, 4.69) is 0 Å². The molecule has 0 aliphatic carbocycles. The highest BCUT2D eigenvalue weighted by Crippen LogP contribution is 2.40. The van der Waals surface area contributed by atoms with Crippen LogP contribution >= 0.6 is 0 Å². The number of phenols is 1. The summed E-state index contributed by atoms with van der Waals surface area (Å²) >= 11 is 0. The first-order valence-corrected chi connectivity index (χ1v) is 5.67. The minimum absolute atomic E-state index is 0.225. The summed E-state index contributed by atoms with van der Waals surface area (Å²) in [5.74, 6) is -0.613. The average Bonchev–Trinajstić information content (AvgIpc) is 2.37. The van der Waals surface area contributed by atoms with E-state index >= 15 is 0 Å². The second-order valence-corrected chi connectivity index (χ2v) is 4.31. The van der Waals surface area contributed by atoms with Crippen LogP contribution in [0.1, 0.15) is 11.1 Å². The molecule has 1 nitrogen and oxygen atoms in total. The molecule has 0 bridgehead atoms. The summed E-state index contributed by atoms with van der Waals surface area (Å²) < 4.78 is 76.6. The van der Waals surface area contributed by atoms with Crippen LogP contribution in [0.4, 0.5) is 26.3 Å². The molecule has 0 saturated heterocycles. The number of phenolic OH excluding ortho intramolecular Hbond substituents is 1. The summed E-state index contributed by atoms with van der Waals surface area (Å²) in [7, 11) is 0. The quantitative estimate of drug-likeness (QED) is 0.727. The van der Waals surface area contributed by atoms with Gasteiger partial charge in [-0.25, -0.2) is 0 Å². The molecule has 2 rings (SSSR count). The number of hydrogen-bond acceptors (Lipinski definition) is 1. The number of aromatic hydroxyl groups is 1. The standard InChI is InChI=1S/C14H8F6O/c15-13(16,17)9-3-1-2-8(6-9)11-5-4-10(21)7-12(11)14(18,19)20/h1-7,21H. The smallest absolute Gasteiger partial charge is 0.417 e. The van der Waals surface area contributed by atoms with Crippen LogP contribution in [0.5, 0.6) is 5.75 Å². The molecular formula is C14H8F6O. The SMILES string of the molecule is Oc1ccc(-c2cccc(C(F)(F)F)c2)c(C(F)(F)F)c1. The summed E-state index contributed by atoms with van der Waals surface area (Å²) in [4.78, 5) is 0. The van der Waals surface area contributed by atoms with Gasteiger partial charge in [0.15, 0.2) is 0 Å². The van der Waals surface area contributed by atoms with Crippen LogP contribution in [-0.2, 0) is 12.4 Å². The lowest BCUT2D eigenvalue weighted by atomic mass is 9.97. The van der Waals surface area contributed by atoms with Gasteiger partial charge in [-0.05, 0) is 35.4 Å². The van der Waals surface area contributed by atoms with E-state index in [0.29, 0.717) is 12.1 Å². The predicted octanol–water partition coefficient (Wildman–Crippen LogP) is 5.10. The van der Waals surface area contributed by atoms with Gasteiger partial charge in [0.1, 0.15) is 5.75 Å². The molecule has 0 amide bonds. The summed E-state index contributed by atoms with van der Waals surface area (Å²) in [5.41, 5.74) is -2.88. The van der Waals surface area contributed by atoms with Gasteiger partial charge in [-0.15, -0.1) is 0 Å². The highest BCUT2D eigenvalue weighted by Gasteiger charge is 2.35. The number of rotatable bonds is 1. The minimum atomic E-state index is -4.79. The minimum Gasteiger partial charge on any atom is -0.508 e. The fourth-order valence-corrected chi connectivity index (χ4v) is 1.88. The third-order valence-corrected chi connectivity index (χ3v) is 2.81. The van der Waals surface area contributed by atoms with Crippen molar-refractivity contribution in [3.05, 3.63) is 53.6 Å². The molecule has 0 radical (unpaired) electrons. The van der Waals surface area contributed by atoms with Gasteiger partial charge in [0.25, 0.3) is 0 Å². The van der Waals surface area contributed by atoms with Crippen molar-refractivity contribution in [1.82, 2.24) is 0 Å². The van der Waals surface area contributed by atoms with E-state index in [4.69, 9.17) is 5.11 Å². The molecule has 112 valence electrons.